The molecule has 0 aliphatic rings. The van der Waals surface area contributed by atoms with E-state index < -0.39 is 80.7 Å². The van der Waals surface area contributed by atoms with Crippen LogP contribution in [0.15, 0.2) is 28.0 Å². The lowest BCUT2D eigenvalue weighted by atomic mass is 10.3. The minimum atomic E-state index is -4.83. The minimum Gasteiger partial charge on any atom is -0.398 e. The number of benzene rings is 1. The predicted molar refractivity (Wildman–Crippen MR) is 90.0 cm³/mol. The molecule has 1 aromatic carbocycles. The van der Waals surface area contributed by atoms with Gasteiger partial charge in [-0.15, -0.1) is 0 Å². The molecule has 0 amide bonds. The highest BCUT2D eigenvalue weighted by Gasteiger charge is 2.23. The molecule has 0 saturated heterocycles. The van der Waals surface area contributed by atoms with E-state index in [9.17, 15) is 33.7 Å². The first kappa shape index (κ1) is 23.7. The van der Waals surface area contributed by atoms with Crippen molar-refractivity contribution < 1.29 is 51.1 Å². The molecule has 0 heterocycles. The van der Waals surface area contributed by atoms with Gasteiger partial charge < -0.3 is 5.73 Å². The standard InChI is InChI=1S/C10H15NO12S4/c11-9-7-8(24(12,13)5-3-22-26(16,17)18)1-2-10(9)25(14,15)6-4-23-27(19,20)21/h1-2,7H,3-6,11H2,(H,16,17,18)(H,19,20,21). The van der Waals surface area contributed by atoms with E-state index in [1.54, 1.807) is 0 Å². The van der Waals surface area contributed by atoms with Crippen molar-refractivity contribution in [1.29, 1.82) is 0 Å². The van der Waals surface area contributed by atoms with Gasteiger partial charge in [-0.3, -0.25) is 9.11 Å². The van der Waals surface area contributed by atoms with Gasteiger partial charge in [0.2, 0.25) is 0 Å². The lowest BCUT2D eigenvalue weighted by molar-refractivity contribution is 0.282. The van der Waals surface area contributed by atoms with Gasteiger partial charge in [-0.05, 0) is 18.2 Å². The van der Waals surface area contributed by atoms with Gasteiger partial charge in [-0.2, -0.15) is 16.8 Å². The number of hydrogen-bond acceptors (Lipinski definition) is 11. The van der Waals surface area contributed by atoms with Gasteiger partial charge in [0.15, 0.2) is 19.7 Å². The molecule has 0 aliphatic heterocycles. The molecule has 156 valence electrons. The zero-order valence-electron chi connectivity index (χ0n) is 13.2. The first-order valence-corrected chi connectivity index (χ1v) is 12.7. The molecule has 0 atom stereocenters. The summed E-state index contributed by atoms with van der Waals surface area (Å²) in [6, 6.07) is 2.55. The molecule has 1 rings (SSSR count). The van der Waals surface area contributed by atoms with Crippen LogP contribution in [0.3, 0.4) is 0 Å². The lowest BCUT2D eigenvalue weighted by Gasteiger charge is -2.10. The van der Waals surface area contributed by atoms with Gasteiger partial charge in [0.05, 0.1) is 40.2 Å². The molecule has 4 N–H and O–H groups in total. The van der Waals surface area contributed by atoms with Crippen LogP contribution in [-0.2, 0) is 48.8 Å². The van der Waals surface area contributed by atoms with Crippen molar-refractivity contribution in [3.63, 3.8) is 0 Å². The predicted octanol–water partition coefficient (Wildman–Crippen LogP) is -1.54. The molecule has 0 unspecified atom stereocenters. The van der Waals surface area contributed by atoms with Crippen LogP contribution in [0.25, 0.3) is 0 Å². The average Bonchev–Trinajstić information content (AvgIpc) is 2.43. The molecule has 0 saturated carbocycles. The van der Waals surface area contributed by atoms with Crippen molar-refractivity contribution in [3.8, 4) is 0 Å². The molecule has 0 fully saturated rings. The molecule has 0 radical (unpaired) electrons. The van der Waals surface area contributed by atoms with Crippen molar-refractivity contribution in [1.82, 2.24) is 0 Å². The first-order valence-electron chi connectivity index (χ1n) is 6.62. The molecule has 17 heteroatoms. The Balaban J connectivity index is 2.98. The van der Waals surface area contributed by atoms with Crippen LogP contribution in [-0.4, -0.2) is 67.5 Å². The summed E-state index contributed by atoms with van der Waals surface area (Å²) in [6.07, 6.45) is 0. The number of hydrogen-bond donors (Lipinski definition) is 3. The summed E-state index contributed by atoms with van der Waals surface area (Å²) in [5.41, 5.74) is 5.07. The van der Waals surface area contributed by atoms with Crippen LogP contribution in [0.4, 0.5) is 5.69 Å². The fraction of sp³-hybridized carbons (Fsp3) is 0.400. The zero-order valence-corrected chi connectivity index (χ0v) is 16.5. The van der Waals surface area contributed by atoms with Gasteiger partial charge in [0.1, 0.15) is 0 Å². The number of nitrogen functional groups attached to an aromatic ring is 1. The summed E-state index contributed by atoms with van der Waals surface area (Å²) in [5.74, 6) is -1.72. The highest BCUT2D eigenvalue weighted by atomic mass is 32.3. The van der Waals surface area contributed by atoms with E-state index >= 15 is 0 Å². The maximum absolute atomic E-state index is 12.1. The second-order valence-corrected chi connectivity index (χ2v) is 11.2. The Hall–Kier alpha value is -1.34. The number of anilines is 1. The van der Waals surface area contributed by atoms with Crippen molar-refractivity contribution in [2.45, 2.75) is 9.79 Å². The third kappa shape index (κ3) is 8.05. The Morgan fingerprint density at radius 1 is 0.778 bits per heavy atom. The van der Waals surface area contributed by atoms with E-state index in [4.69, 9.17) is 14.8 Å². The lowest BCUT2D eigenvalue weighted by Crippen LogP contribution is -2.18. The normalized spacial score (nSPS) is 13.6. The molecule has 0 aliphatic carbocycles. The highest BCUT2D eigenvalue weighted by molar-refractivity contribution is 7.92. The Bertz CT molecular complexity index is 1100. The summed E-state index contributed by atoms with van der Waals surface area (Å²) in [4.78, 5) is -0.943. The van der Waals surface area contributed by atoms with Crippen molar-refractivity contribution >= 4 is 46.2 Å². The molecule has 0 aromatic heterocycles. The third-order valence-corrected chi connectivity index (χ3v) is 7.20. The van der Waals surface area contributed by atoms with Gasteiger partial charge in [-0.1, -0.05) is 0 Å². The van der Waals surface area contributed by atoms with Crippen LogP contribution >= 0.6 is 0 Å². The first-order chi connectivity index (χ1) is 12.0. The topological polar surface area (TPSA) is 221 Å². The second-order valence-electron chi connectivity index (χ2n) is 4.84. The quantitative estimate of drug-likeness (QED) is 0.261. The molecule has 0 spiro atoms. The van der Waals surface area contributed by atoms with E-state index in [-0.39, 0.29) is 0 Å². The van der Waals surface area contributed by atoms with Crippen molar-refractivity contribution in [3.05, 3.63) is 18.2 Å². The molecule has 0 bridgehead atoms. The van der Waals surface area contributed by atoms with Crippen molar-refractivity contribution in [2.75, 3.05) is 30.5 Å². The Labute approximate surface area is 155 Å². The maximum Gasteiger partial charge on any atom is 0.397 e. The van der Waals surface area contributed by atoms with Gasteiger partial charge in [-0.25, -0.2) is 25.2 Å². The Kier molecular flexibility index (Phi) is 7.33. The van der Waals surface area contributed by atoms with Crippen LogP contribution in [0, 0.1) is 0 Å². The molecule has 1 aromatic rings. The number of nitrogens with two attached hydrogens (primary N) is 1. The summed E-state index contributed by atoms with van der Waals surface area (Å²) in [7, 11) is -17.9. The summed E-state index contributed by atoms with van der Waals surface area (Å²) >= 11 is 0. The average molecular weight is 469 g/mol. The van der Waals surface area contributed by atoms with Crippen LogP contribution in [0.5, 0.6) is 0 Å². The third-order valence-electron chi connectivity index (χ3n) is 2.84. The van der Waals surface area contributed by atoms with Gasteiger partial charge in [0.25, 0.3) is 0 Å². The molecule has 27 heavy (non-hydrogen) atoms. The summed E-state index contributed by atoms with van der Waals surface area (Å²) in [5, 5.41) is 0. The highest BCUT2D eigenvalue weighted by Crippen LogP contribution is 2.24. The smallest absolute Gasteiger partial charge is 0.397 e. The molecular weight excluding hydrogens is 454 g/mol. The molecule has 13 nitrogen and oxygen atoms in total. The Morgan fingerprint density at radius 3 is 1.63 bits per heavy atom. The fourth-order valence-corrected chi connectivity index (χ4v) is 4.86. The largest absolute Gasteiger partial charge is 0.398 e. The number of sulfone groups is 2. The van der Waals surface area contributed by atoms with E-state index in [1.165, 1.54) is 0 Å². The van der Waals surface area contributed by atoms with Crippen LogP contribution in [0.1, 0.15) is 0 Å². The molecular formula is C10H15NO12S4. The fourth-order valence-electron chi connectivity index (χ4n) is 1.73. The van der Waals surface area contributed by atoms with E-state index in [0.717, 1.165) is 18.2 Å². The Morgan fingerprint density at radius 2 is 1.22 bits per heavy atom. The summed E-state index contributed by atoms with van der Waals surface area (Å²) < 4.78 is 114. The summed E-state index contributed by atoms with van der Waals surface area (Å²) in [6.45, 7) is -1.78. The van der Waals surface area contributed by atoms with E-state index in [2.05, 4.69) is 8.37 Å². The minimum absolute atomic E-state index is 0.438. The van der Waals surface area contributed by atoms with Gasteiger partial charge >= 0.3 is 20.8 Å². The SMILES string of the molecule is Nc1cc(S(=O)(=O)CCOS(=O)(=O)O)ccc1S(=O)(=O)CCOS(=O)(=O)O. The van der Waals surface area contributed by atoms with E-state index in [1.807, 2.05) is 0 Å². The van der Waals surface area contributed by atoms with Crippen LogP contribution < -0.4 is 5.73 Å². The number of rotatable bonds is 10. The van der Waals surface area contributed by atoms with Crippen molar-refractivity contribution in [2.24, 2.45) is 0 Å². The monoisotopic (exact) mass is 469 g/mol. The van der Waals surface area contributed by atoms with Crippen LogP contribution in [0.2, 0.25) is 0 Å². The second kappa shape index (κ2) is 8.35. The zero-order chi connectivity index (χ0) is 21.1. The van der Waals surface area contributed by atoms with E-state index in [0.29, 0.717) is 0 Å². The maximum atomic E-state index is 12.1. The van der Waals surface area contributed by atoms with Gasteiger partial charge in [0, 0.05) is 0 Å².